The summed E-state index contributed by atoms with van der Waals surface area (Å²) in [6, 6.07) is 0. The van der Waals surface area contributed by atoms with Crippen LogP contribution in [0, 0.1) is 0 Å². The van der Waals surface area contributed by atoms with Crippen LogP contribution in [0.2, 0.25) is 0 Å². The maximum atomic E-state index is 12.5. The monoisotopic (exact) mass is 240 g/mol. The first-order chi connectivity index (χ1) is 6.00. The lowest BCUT2D eigenvalue weighted by molar-refractivity contribution is -0.202. The molecule has 0 bridgehead atoms. The Morgan fingerprint density at radius 1 is 1.36 bits per heavy atom. The summed E-state index contributed by atoms with van der Waals surface area (Å²) in [5, 5.41) is 7.72. The zero-order valence-electron chi connectivity index (χ0n) is 6.58. The Morgan fingerprint density at radius 3 is 1.93 bits per heavy atom. The van der Waals surface area contributed by atoms with E-state index in [2.05, 4.69) is 4.52 Å². The summed E-state index contributed by atoms with van der Waals surface area (Å²) in [5.74, 6) is -8.89. The molecule has 10 heteroatoms. The Kier molecular flexibility index (Phi) is 3.32. The molecule has 2 N–H and O–H groups in total. The quantitative estimate of drug-likeness (QED) is 0.568. The van der Waals surface area contributed by atoms with Crippen molar-refractivity contribution in [2.75, 3.05) is 7.11 Å². The number of rotatable bonds is 4. The molecule has 0 saturated heterocycles. The summed E-state index contributed by atoms with van der Waals surface area (Å²) in [7, 11) is -5.73. The van der Waals surface area contributed by atoms with E-state index in [1.165, 1.54) is 0 Å². The first-order valence-corrected chi connectivity index (χ1v) is 4.46. The predicted molar refractivity (Wildman–Crippen MR) is 34.4 cm³/mol. The Bertz CT molecular complexity index is 289. The molecule has 0 aromatic heterocycles. The molecule has 0 rings (SSSR count). The molecule has 0 amide bonds. The molecular weight excluding hydrogens is 235 g/mol. The molecule has 1 unspecified atom stereocenters. The molecule has 0 heterocycles. The van der Waals surface area contributed by atoms with Crippen LogP contribution < -0.4 is 0 Å². The molecule has 5 nitrogen and oxygen atoms in total. The number of hydrogen-bond donors (Lipinski definition) is 2. The molecule has 1 atom stereocenters. The lowest BCUT2D eigenvalue weighted by Crippen LogP contribution is -2.46. The molecule has 0 aliphatic heterocycles. The van der Waals surface area contributed by atoms with E-state index in [9.17, 15) is 26.9 Å². The van der Waals surface area contributed by atoms with Crippen LogP contribution in [-0.4, -0.2) is 34.7 Å². The van der Waals surface area contributed by atoms with Gasteiger partial charge in [0.2, 0.25) is 0 Å². The molecule has 14 heavy (non-hydrogen) atoms. The minimum atomic E-state index is -6.02. The van der Waals surface area contributed by atoms with E-state index >= 15 is 0 Å². The molecule has 0 aromatic rings. The van der Waals surface area contributed by atoms with E-state index in [0.29, 0.717) is 0 Å². The average Bonchev–Trinajstić information content (AvgIpc) is 2.03. The van der Waals surface area contributed by atoms with E-state index < -0.39 is 25.2 Å². The minimum absolute atomic E-state index is 0.284. The van der Waals surface area contributed by atoms with Crippen LogP contribution in [0.1, 0.15) is 0 Å². The first-order valence-electron chi connectivity index (χ1n) is 2.88. The zero-order chi connectivity index (χ0) is 11.8. The van der Waals surface area contributed by atoms with E-state index in [4.69, 9.17) is 10.00 Å². The summed E-state index contributed by atoms with van der Waals surface area (Å²) >= 11 is 0. The van der Waals surface area contributed by atoms with Gasteiger partial charge in [0.05, 0.1) is 0 Å². The molecule has 0 saturated carbocycles. The van der Waals surface area contributed by atoms with Crippen molar-refractivity contribution in [1.82, 2.24) is 0 Å². The van der Waals surface area contributed by atoms with Crippen LogP contribution in [0.3, 0.4) is 0 Å². The van der Waals surface area contributed by atoms with Gasteiger partial charge in [0.25, 0.3) is 0 Å². The van der Waals surface area contributed by atoms with Crippen LogP contribution in [0.5, 0.6) is 0 Å². The maximum absolute atomic E-state index is 12.5. The van der Waals surface area contributed by atoms with Crippen molar-refractivity contribution in [3.8, 4) is 0 Å². The maximum Gasteiger partial charge on any atom is 0.418 e. The number of aliphatic carboxylic acids is 1. The fraction of sp³-hybridized carbons (Fsp3) is 0.750. The van der Waals surface area contributed by atoms with Crippen molar-refractivity contribution in [1.29, 1.82) is 0 Å². The van der Waals surface area contributed by atoms with Gasteiger partial charge in [-0.05, 0) is 0 Å². The molecule has 0 aliphatic carbocycles. The number of carboxylic acids is 1. The highest BCUT2D eigenvalue weighted by atomic mass is 31.2. The molecular formula is C4H5F4O5P. The van der Waals surface area contributed by atoms with Gasteiger partial charge in [-0.1, -0.05) is 0 Å². The van der Waals surface area contributed by atoms with Gasteiger partial charge in [-0.2, -0.15) is 17.6 Å². The van der Waals surface area contributed by atoms with Crippen molar-refractivity contribution in [2.24, 2.45) is 0 Å². The van der Waals surface area contributed by atoms with Crippen molar-refractivity contribution in [3.05, 3.63) is 0 Å². The van der Waals surface area contributed by atoms with Gasteiger partial charge in [0.15, 0.2) is 0 Å². The largest absolute Gasteiger partial charge is 0.477 e. The lowest BCUT2D eigenvalue weighted by atomic mass is 10.3. The summed E-state index contributed by atoms with van der Waals surface area (Å²) in [5.41, 5.74) is -5.68. The van der Waals surface area contributed by atoms with Gasteiger partial charge < -0.3 is 14.5 Å². The Morgan fingerprint density at radius 2 is 1.71 bits per heavy atom. The zero-order valence-corrected chi connectivity index (χ0v) is 7.47. The lowest BCUT2D eigenvalue weighted by Gasteiger charge is -2.25. The third-order valence-corrected chi connectivity index (χ3v) is 2.73. The second-order valence-electron chi connectivity index (χ2n) is 2.12. The smallest absolute Gasteiger partial charge is 0.418 e. The van der Waals surface area contributed by atoms with Gasteiger partial charge >= 0.3 is 25.2 Å². The van der Waals surface area contributed by atoms with Crippen molar-refractivity contribution in [2.45, 2.75) is 11.6 Å². The van der Waals surface area contributed by atoms with Gasteiger partial charge in [-0.3, -0.25) is 4.57 Å². The first kappa shape index (κ1) is 13.3. The van der Waals surface area contributed by atoms with Crippen molar-refractivity contribution in [3.63, 3.8) is 0 Å². The number of hydrogen-bond acceptors (Lipinski definition) is 3. The molecule has 0 aromatic carbocycles. The molecule has 0 spiro atoms. The third kappa shape index (κ3) is 1.75. The second-order valence-corrected chi connectivity index (χ2v) is 4.09. The Hall–Kier alpha value is -0.660. The molecule has 0 fully saturated rings. The topological polar surface area (TPSA) is 83.8 Å². The number of halogens is 4. The minimum Gasteiger partial charge on any atom is -0.477 e. The van der Waals surface area contributed by atoms with Crippen LogP contribution in [0.15, 0.2) is 0 Å². The average molecular weight is 240 g/mol. The predicted octanol–water partition coefficient (Wildman–Crippen LogP) is 1.13. The van der Waals surface area contributed by atoms with Crippen molar-refractivity contribution >= 4 is 13.6 Å². The van der Waals surface area contributed by atoms with Crippen LogP contribution in [0.4, 0.5) is 17.6 Å². The SMILES string of the molecule is COP(=O)(O)C(F)(F)C(F)(F)C(=O)O. The summed E-state index contributed by atoms with van der Waals surface area (Å²) in [6.45, 7) is 0. The van der Waals surface area contributed by atoms with Crippen LogP contribution in [-0.2, 0) is 13.9 Å². The number of carbonyl (C=O) groups is 1. The molecule has 84 valence electrons. The molecule has 0 aliphatic rings. The fourth-order valence-corrected chi connectivity index (χ4v) is 1.10. The number of alkyl halides is 4. The highest BCUT2D eigenvalue weighted by Crippen LogP contribution is 2.63. The van der Waals surface area contributed by atoms with Gasteiger partial charge in [-0.25, -0.2) is 4.79 Å². The summed E-state index contributed by atoms with van der Waals surface area (Å²) in [4.78, 5) is 18.0. The highest BCUT2D eigenvalue weighted by Gasteiger charge is 2.73. The van der Waals surface area contributed by atoms with Crippen LogP contribution >= 0.6 is 7.60 Å². The van der Waals surface area contributed by atoms with Crippen molar-refractivity contribution < 1.29 is 41.4 Å². The van der Waals surface area contributed by atoms with E-state index in [-0.39, 0.29) is 7.11 Å². The van der Waals surface area contributed by atoms with Gasteiger partial charge in [0.1, 0.15) is 0 Å². The van der Waals surface area contributed by atoms with Gasteiger partial charge in [0, 0.05) is 7.11 Å². The fourth-order valence-electron chi connectivity index (χ4n) is 0.421. The standard InChI is InChI=1S/C4H5F4O5P/c1-13-14(11,12)4(7,8)3(5,6)2(9)10/h1H3,(H,9,10)(H,11,12). The van der Waals surface area contributed by atoms with Gasteiger partial charge in [-0.15, -0.1) is 0 Å². The normalized spacial score (nSPS) is 17.6. The van der Waals surface area contributed by atoms with E-state index in [1.807, 2.05) is 0 Å². The second kappa shape index (κ2) is 3.48. The van der Waals surface area contributed by atoms with E-state index in [0.717, 1.165) is 0 Å². The number of carboxylic acid groups (broad SMARTS) is 1. The summed E-state index contributed by atoms with van der Waals surface area (Å²) in [6.07, 6.45) is 0. The van der Waals surface area contributed by atoms with E-state index in [1.54, 1.807) is 0 Å². The van der Waals surface area contributed by atoms with Crippen LogP contribution in [0.25, 0.3) is 0 Å². The Balaban J connectivity index is 5.36. The third-order valence-electron chi connectivity index (χ3n) is 1.25. The summed E-state index contributed by atoms with van der Waals surface area (Å²) < 4.78 is 63.1. The Labute approximate surface area is 74.8 Å². The molecule has 0 radical (unpaired) electrons. The highest BCUT2D eigenvalue weighted by molar-refractivity contribution is 7.54.